The van der Waals surface area contributed by atoms with Crippen LogP contribution in [0.25, 0.3) is 0 Å². The lowest BCUT2D eigenvalue weighted by Crippen LogP contribution is -2.57. The molecule has 1 aliphatic rings. The largest absolute Gasteiger partial charge is 0.373 e. The summed E-state index contributed by atoms with van der Waals surface area (Å²) in [4.78, 5) is 6.71. The van der Waals surface area contributed by atoms with Gasteiger partial charge in [-0.2, -0.15) is 5.26 Å². The molecule has 21 heavy (non-hydrogen) atoms. The summed E-state index contributed by atoms with van der Waals surface area (Å²) in [6.45, 7) is 11.4. The second-order valence-electron chi connectivity index (χ2n) is 6.37. The van der Waals surface area contributed by atoms with Crippen molar-refractivity contribution in [2.75, 3.05) is 25.0 Å². The van der Waals surface area contributed by atoms with Crippen LogP contribution in [0.15, 0.2) is 18.3 Å². The zero-order valence-corrected chi connectivity index (χ0v) is 13.3. The van der Waals surface area contributed by atoms with Gasteiger partial charge in [-0.25, -0.2) is 4.98 Å². The molecule has 2 rings (SSSR count). The number of nitriles is 1. The second kappa shape index (κ2) is 6.42. The smallest absolute Gasteiger partial charge is 0.126 e. The fraction of sp³-hybridized carbons (Fsp3) is 0.625. The number of aromatic nitrogens is 1. The molecule has 0 unspecified atom stereocenters. The van der Waals surface area contributed by atoms with E-state index in [4.69, 9.17) is 10.00 Å². The van der Waals surface area contributed by atoms with Gasteiger partial charge in [-0.05, 0) is 39.8 Å². The zero-order valence-electron chi connectivity index (χ0n) is 13.3. The van der Waals surface area contributed by atoms with Gasteiger partial charge in [0.25, 0.3) is 0 Å². The van der Waals surface area contributed by atoms with Crippen molar-refractivity contribution in [1.29, 1.82) is 5.26 Å². The van der Waals surface area contributed by atoms with E-state index >= 15 is 0 Å². The van der Waals surface area contributed by atoms with Gasteiger partial charge in [0.2, 0.25) is 0 Å². The quantitative estimate of drug-likeness (QED) is 0.920. The Morgan fingerprint density at radius 1 is 1.38 bits per heavy atom. The molecule has 5 nitrogen and oxygen atoms in total. The summed E-state index contributed by atoms with van der Waals surface area (Å²) in [5.41, 5.74) is 0.595. The highest BCUT2D eigenvalue weighted by Gasteiger charge is 2.33. The maximum atomic E-state index is 8.78. The third-order valence-corrected chi connectivity index (χ3v) is 3.87. The van der Waals surface area contributed by atoms with Gasteiger partial charge in [0, 0.05) is 31.4 Å². The van der Waals surface area contributed by atoms with Gasteiger partial charge < -0.3 is 10.1 Å². The molecular formula is C16H24N4O. The Morgan fingerprint density at radius 3 is 2.57 bits per heavy atom. The van der Waals surface area contributed by atoms with E-state index < -0.39 is 0 Å². The number of anilines is 1. The predicted molar refractivity (Wildman–Crippen MR) is 83.1 cm³/mol. The maximum absolute atomic E-state index is 8.78. The molecule has 0 aromatic carbocycles. The normalized spacial score (nSPS) is 23.6. The first-order valence-corrected chi connectivity index (χ1v) is 7.41. The third kappa shape index (κ3) is 4.16. The number of nitrogens with zero attached hydrogens (tertiary/aromatic N) is 3. The van der Waals surface area contributed by atoms with Crippen molar-refractivity contribution in [3.05, 3.63) is 23.9 Å². The van der Waals surface area contributed by atoms with Crippen molar-refractivity contribution in [1.82, 2.24) is 9.88 Å². The molecule has 1 saturated heterocycles. The van der Waals surface area contributed by atoms with Crippen LogP contribution < -0.4 is 5.32 Å². The second-order valence-corrected chi connectivity index (χ2v) is 6.37. The van der Waals surface area contributed by atoms with Crippen LogP contribution in [0.3, 0.4) is 0 Å². The molecule has 0 radical (unpaired) electrons. The number of pyridine rings is 1. The highest BCUT2D eigenvalue weighted by atomic mass is 16.5. The fourth-order valence-corrected chi connectivity index (χ4v) is 2.66. The molecule has 2 atom stereocenters. The maximum Gasteiger partial charge on any atom is 0.126 e. The van der Waals surface area contributed by atoms with E-state index in [-0.39, 0.29) is 17.7 Å². The monoisotopic (exact) mass is 288 g/mol. The molecule has 0 bridgehead atoms. The molecule has 0 saturated carbocycles. The topological polar surface area (TPSA) is 61.2 Å². The van der Waals surface area contributed by atoms with Crippen molar-refractivity contribution in [2.24, 2.45) is 0 Å². The molecule has 1 aromatic heterocycles. The molecule has 0 amide bonds. The van der Waals surface area contributed by atoms with E-state index in [1.54, 1.807) is 12.3 Å². The summed E-state index contributed by atoms with van der Waals surface area (Å²) in [5, 5.41) is 12.1. The summed E-state index contributed by atoms with van der Waals surface area (Å²) in [5.74, 6) is 0.802. The van der Waals surface area contributed by atoms with Crippen LogP contribution in [0.2, 0.25) is 0 Å². The van der Waals surface area contributed by atoms with Crippen molar-refractivity contribution in [2.45, 2.75) is 45.4 Å². The van der Waals surface area contributed by atoms with E-state index in [1.807, 2.05) is 6.07 Å². The van der Waals surface area contributed by atoms with Gasteiger partial charge in [-0.15, -0.1) is 0 Å². The Labute approximate surface area is 126 Å². The molecule has 0 spiro atoms. The molecule has 1 aliphatic heterocycles. The summed E-state index contributed by atoms with van der Waals surface area (Å²) in [6.07, 6.45) is 2.12. The average molecular weight is 288 g/mol. The van der Waals surface area contributed by atoms with Crippen LogP contribution in [0.4, 0.5) is 5.82 Å². The Kier molecular flexibility index (Phi) is 4.81. The minimum absolute atomic E-state index is 0.0158. The number of rotatable bonds is 4. The van der Waals surface area contributed by atoms with E-state index in [0.29, 0.717) is 5.56 Å². The minimum Gasteiger partial charge on any atom is -0.373 e. The number of ether oxygens (including phenoxy) is 1. The lowest BCUT2D eigenvalue weighted by atomic mass is 10.00. The van der Waals surface area contributed by atoms with Crippen LogP contribution in [0.1, 0.15) is 33.3 Å². The molecule has 0 aliphatic carbocycles. The molecule has 1 fully saturated rings. The molecule has 1 aromatic rings. The lowest BCUT2D eigenvalue weighted by molar-refractivity contribution is -0.0933. The van der Waals surface area contributed by atoms with E-state index in [1.165, 1.54) is 0 Å². The van der Waals surface area contributed by atoms with Crippen LogP contribution >= 0.6 is 0 Å². The molecule has 114 valence electrons. The number of hydrogen-bond donors (Lipinski definition) is 1. The molecular weight excluding hydrogens is 264 g/mol. The first kappa shape index (κ1) is 15.7. The van der Waals surface area contributed by atoms with Crippen LogP contribution in [-0.4, -0.2) is 47.3 Å². The van der Waals surface area contributed by atoms with Crippen molar-refractivity contribution in [3.8, 4) is 6.07 Å². The van der Waals surface area contributed by atoms with Gasteiger partial charge in [0.05, 0.1) is 17.8 Å². The fourth-order valence-electron chi connectivity index (χ4n) is 2.66. The zero-order chi connectivity index (χ0) is 15.5. The highest BCUT2D eigenvalue weighted by Crippen LogP contribution is 2.21. The standard InChI is InChI=1S/C16H24N4O/c1-12-9-20(10-13(2)21-12)16(3,4)11-19-15-6-5-14(7-17)8-18-15/h5-6,8,12-13H,9-11H2,1-4H3,(H,18,19)/t12-,13-/m0/s1. The number of hydrogen-bond acceptors (Lipinski definition) is 5. The SMILES string of the molecule is C[C@H]1CN(C(C)(C)CNc2ccc(C#N)cn2)C[C@H](C)O1. The van der Waals surface area contributed by atoms with Crippen molar-refractivity contribution >= 4 is 5.82 Å². The third-order valence-electron chi connectivity index (χ3n) is 3.87. The summed E-state index contributed by atoms with van der Waals surface area (Å²) < 4.78 is 5.79. The Bertz CT molecular complexity index is 496. The summed E-state index contributed by atoms with van der Waals surface area (Å²) in [7, 11) is 0. The van der Waals surface area contributed by atoms with Crippen molar-refractivity contribution in [3.63, 3.8) is 0 Å². The summed E-state index contributed by atoms with van der Waals surface area (Å²) >= 11 is 0. The van der Waals surface area contributed by atoms with Crippen LogP contribution in [0.5, 0.6) is 0 Å². The van der Waals surface area contributed by atoms with Gasteiger partial charge in [-0.1, -0.05) is 0 Å². The van der Waals surface area contributed by atoms with E-state index in [2.05, 4.69) is 49.0 Å². The molecule has 2 heterocycles. The van der Waals surface area contributed by atoms with Crippen LogP contribution in [0, 0.1) is 11.3 Å². The number of nitrogens with one attached hydrogen (secondary N) is 1. The van der Waals surface area contributed by atoms with Gasteiger partial charge in [0.15, 0.2) is 0 Å². The van der Waals surface area contributed by atoms with Crippen molar-refractivity contribution < 1.29 is 4.74 Å². The minimum atomic E-state index is 0.0158. The lowest BCUT2D eigenvalue weighted by Gasteiger charge is -2.45. The Balaban J connectivity index is 1.95. The van der Waals surface area contributed by atoms with E-state index in [9.17, 15) is 0 Å². The Hall–Kier alpha value is -1.64. The highest BCUT2D eigenvalue weighted by molar-refractivity contribution is 5.39. The van der Waals surface area contributed by atoms with E-state index in [0.717, 1.165) is 25.5 Å². The van der Waals surface area contributed by atoms with Crippen LogP contribution in [-0.2, 0) is 4.74 Å². The van der Waals surface area contributed by atoms with Gasteiger partial charge >= 0.3 is 0 Å². The summed E-state index contributed by atoms with van der Waals surface area (Å²) in [6, 6.07) is 5.70. The number of morpholine rings is 1. The first-order chi connectivity index (χ1) is 9.90. The molecule has 5 heteroatoms. The van der Waals surface area contributed by atoms with Gasteiger partial charge in [0.1, 0.15) is 11.9 Å². The average Bonchev–Trinajstić information content (AvgIpc) is 2.45. The predicted octanol–water partition coefficient (Wildman–Crippen LogP) is 2.25. The van der Waals surface area contributed by atoms with Gasteiger partial charge in [-0.3, -0.25) is 4.90 Å². The Morgan fingerprint density at radius 2 is 2.05 bits per heavy atom. The first-order valence-electron chi connectivity index (χ1n) is 7.41. The molecule has 1 N–H and O–H groups in total.